The molecule has 1 aliphatic rings. The molecular formula is C13H19ClN2. The maximum absolute atomic E-state index is 6.09. The maximum atomic E-state index is 6.09. The summed E-state index contributed by atoms with van der Waals surface area (Å²) in [5.74, 6) is 0.625. The van der Waals surface area contributed by atoms with Gasteiger partial charge in [-0.2, -0.15) is 0 Å². The van der Waals surface area contributed by atoms with E-state index in [4.69, 9.17) is 11.6 Å². The van der Waals surface area contributed by atoms with Crippen molar-refractivity contribution in [1.82, 2.24) is 10.3 Å². The van der Waals surface area contributed by atoms with Gasteiger partial charge in [-0.15, -0.1) is 0 Å². The Morgan fingerprint density at radius 2 is 2.38 bits per heavy atom. The minimum atomic E-state index is 0.625. The first kappa shape index (κ1) is 11.9. The first-order valence-corrected chi connectivity index (χ1v) is 6.45. The molecule has 0 aliphatic heterocycles. The molecule has 1 aromatic heterocycles. The molecule has 1 aliphatic carbocycles. The van der Waals surface area contributed by atoms with E-state index in [1.54, 1.807) is 6.20 Å². The predicted octanol–water partition coefficient (Wildman–Crippen LogP) is 3.06. The summed E-state index contributed by atoms with van der Waals surface area (Å²) in [6.07, 6.45) is 8.66. The van der Waals surface area contributed by atoms with Gasteiger partial charge < -0.3 is 5.32 Å². The molecule has 1 heterocycles. The zero-order chi connectivity index (χ0) is 11.4. The quantitative estimate of drug-likeness (QED) is 0.853. The van der Waals surface area contributed by atoms with Crippen LogP contribution < -0.4 is 5.32 Å². The van der Waals surface area contributed by atoms with Gasteiger partial charge in [0, 0.05) is 18.4 Å². The van der Waals surface area contributed by atoms with Crippen LogP contribution in [0.15, 0.2) is 18.5 Å². The van der Waals surface area contributed by atoms with Gasteiger partial charge in [0.1, 0.15) is 0 Å². The van der Waals surface area contributed by atoms with Crippen molar-refractivity contribution in [2.24, 2.45) is 5.92 Å². The number of nitrogens with zero attached hydrogens (tertiary/aromatic N) is 1. The van der Waals surface area contributed by atoms with E-state index >= 15 is 0 Å². The molecule has 16 heavy (non-hydrogen) atoms. The van der Waals surface area contributed by atoms with Gasteiger partial charge in [0.25, 0.3) is 0 Å². The Morgan fingerprint density at radius 1 is 1.56 bits per heavy atom. The van der Waals surface area contributed by atoms with Crippen LogP contribution in [0.1, 0.15) is 31.7 Å². The highest BCUT2D eigenvalue weighted by atomic mass is 35.5. The van der Waals surface area contributed by atoms with E-state index in [1.807, 2.05) is 12.3 Å². The molecule has 0 saturated heterocycles. The molecule has 1 unspecified atom stereocenters. The van der Waals surface area contributed by atoms with Gasteiger partial charge in [-0.25, -0.2) is 0 Å². The number of aromatic nitrogens is 1. The fraction of sp³-hybridized carbons (Fsp3) is 0.615. The van der Waals surface area contributed by atoms with E-state index in [2.05, 4.69) is 17.2 Å². The third-order valence-electron chi connectivity index (χ3n) is 3.28. The Bertz CT molecular complexity index is 336. The van der Waals surface area contributed by atoms with Crippen molar-refractivity contribution in [2.75, 3.05) is 6.54 Å². The molecule has 1 fully saturated rings. The third kappa shape index (κ3) is 3.19. The van der Waals surface area contributed by atoms with E-state index in [-0.39, 0.29) is 0 Å². The molecule has 1 atom stereocenters. The smallest absolute Gasteiger partial charge is 0.0621 e. The lowest BCUT2D eigenvalue weighted by Crippen LogP contribution is -2.38. The molecule has 88 valence electrons. The largest absolute Gasteiger partial charge is 0.314 e. The van der Waals surface area contributed by atoms with Gasteiger partial charge in [0.15, 0.2) is 0 Å². The average Bonchev–Trinajstić information content (AvgIpc) is 2.19. The molecule has 0 radical (unpaired) electrons. The van der Waals surface area contributed by atoms with Crippen molar-refractivity contribution in [2.45, 2.75) is 38.6 Å². The SMILES string of the molecule is CC(CNC1CCC1)Cc1ccncc1Cl. The standard InChI is InChI=1S/C13H19ClN2/c1-10(8-16-12-3-2-4-12)7-11-5-6-15-9-13(11)14/h5-6,9-10,12,16H,2-4,7-8H2,1H3. The summed E-state index contributed by atoms with van der Waals surface area (Å²) in [7, 11) is 0. The predicted molar refractivity (Wildman–Crippen MR) is 67.8 cm³/mol. The van der Waals surface area contributed by atoms with Crippen molar-refractivity contribution < 1.29 is 0 Å². The normalized spacial score (nSPS) is 18.1. The van der Waals surface area contributed by atoms with Crippen molar-refractivity contribution in [3.8, 4) is 0 Å². The summed E-state index contributed by atoms with van der Waals surface area (Å²) in [5, 5.41) is 4.39. The van der Waals surface area contributed by atoms with E-state index in [0.717, 1.165) is 24.0 Å². The van der Waals surface area contributed by atoms with Crippen LogP contribution in [0.2, 0.25) is 5.02 Å². The molecule has 0 aromatic carbocycles. The van der Waals surface area contributed by atoms with Gasteiger partial charge in [-0.3, -0.25) is 4.98 Å². The van der Waals surface area contributed by atoms with E-state index in [0.29, 0.717) is 5.92 Å². The molecule has 1 aromatic rings. The van der Waals surface area contributed by atoms with Crippen LogP contribution in [-0.2, 0) is 6.42 Å². The van der Waals surface area contributed by atoms with Crippen LogP contribution in [0, 0.1) is 5.92 Å². The number of rotatable bonds is 5. The second-order valence-corrected chi connectivity index (χ2v) is 5.22. The third-order valence-corrected chi connectivity index (χ3v) is 3.63. The van der Waals surface area contributed by atoms with Gasteiger partial charge in [-0.1, -0.05) is 24.9 Å². The van der Waals surface area contributed by atoms with Gasteiger partial charge in [0.2, 0.25) is 0 Å². The van der Waals surface area contributed by atoms with Crippen molar-refractivity contribution >= 4 is 11.6 Å². The fourth-order valence-corrected chi connectivity index (χ4v) is 2.19. The van der Waals surface area contributed by atoms with E-state index in [1.165, 1.54) is 24.8 Å². The van der Waals surface area contributed by atoms with Crippen molar-refractivity contribution in [3.63, 3.8) is 0 Å². The molecule has 0 amide bonds. The Hall–Kier alpha value is -0.600. The highest BCUT2D eigenvalue weighted by molar-refractivity contribution is 6.31. The number of nitrogens with one attached hydrogen (secondary N) is 1. The zero-order valence-corrected chi connectivity index (χ0v) is 10.5. The van der Waals surface area contributed by atoms with Crippen LogP contribution in [0.3, 0.4) is 0 Å². The average molecular weight is 239 g/mol. The highest BCUT2D eigenvalue weighted by Crippen LogP contribution is 2.20. The second kappa shape index (κ2) is 5.65. The van der Waals surface area contributed by atoms with Crippen LogP contribution in [0.5, 0.6) is 0 Å². The Labute approximate surface area is 102 Å². The Kier molecular flexibility index (Phi) is 4.19. The Morgan fingerprint density at radius 3 is 3.00 bits per heavy atom. The van der Waals surface area contributed by atoms with Gasteiger partial charge >= 0.3 is 0 Å². The molecule has 2 nitrogen and oxygen atoms in total. The number of pyridine rings is 1. The molecule has 1 N–H and O–H groups in total. The lowest BCUT2D eigenvalue weighted by molar-refractivity contribution is 0.320. The van der Waals surface area contributed by atoms with Crippen molar-refractivity contribution in [3.05, 3.63) is 29.0 Å². The van der Waals surface area contributed by atoms with Gasteiger partial charge in [0.05, 0.1) is 5.02 Å². The molecular weight excluding hydrogens is 220 g/mol. The van der Waals surface area contributed by atoms with Crippen LogP contribution in [0.4, 0.5) is 0 Å². The summed E-state index contributed by atoms with van der Waals surface area (Å²) in [5.41, 5.74) is 1.21. The molecule has 2 rings (SSSR count). The first-order chi connectivity index (χ1) is 7.75. The summed E-state index contributed by atoms with van der Waals surface area (Å²) in [6, 6.07) is 2.79. The monoisotopic (exact) mass is 238 g/mol. The zero-order valence-electron chi connectivity index (χ0n) is 9.75. The number of hydrogen-bond donors (Lipinski definition) is 1. The summed E-state index contributed by atoms with van der Waals surface area (Å²) >= 11 is 6.09. The second-order valence-electron chi connectivity index (χ2n) is 4.81. The van der Waals surface area contributed by atoms with Crippen LogP contribution >= 0.6 is 11.6 Å². The molecule has 3 heteroatoms. The van der Waals surface area contributed by atoms with E-state index < -0.39 is 0 Å². The Balaban J connectivity index is 1.77. The summed E-state index contributed by atoms with van der Waals surface area (Å²) < 4.78 is 0. The van der Waals surface area contributed by atoms with Crippen LogP contribution in [-0.4, -0.2) is 17.6 Å². The molecule has 0 spiro atoms. The van der Waals surface area contributed by atoms with Crippen molar-refractivity contribution in [1.29, 1.82) is 0 Å². The number of hydrogen-bond acceptors (Lipinski definition) is 2. The minimum absolute atomic E-state index is 0.625. The maximum Gasteiger partial charge on any atom is 0.0621 e. The van der Waals surface area contributed by atoms with E-state index in [9.17, 15) is 0 Å². The molecule has 1 saturated carbocycles. The molecule has 0 bridgehead atoms. The lowest BCUT2D eigenvalue weighted by atomic mass is 9.92. The first-order valence-electron chi connectivity index (χ1n) is 6.07. The summed E-state index contributed by atoms with van der Waals surface area (Å²) in [6.45, 7) is 3.35. The van der Waals surface area contributed by atoms with Gasteiger partial charge in [-0.05, 0) is 43.4 Å². The highest BCUT2D eigenvalue weighted by Gasteiger charge is 2.17. The minimum Gasteiger partial charge on any atom is -0.314 e. The summed E-state index contributed by atoms with van der Waals surface area (Å²) in [4.78, 5) is 4.00. The number of halogens is 1. The van der Waals surface area contributed by atoms with Crippen LogP contribution in [0.25, 0.3) is 0 Å². The topological polar surface area (TPSA) is 24.9 Å². The fourth-order valence-electron chi connectivity index (χ4n) is 2.00. The lowest BCUT2D eigenvalue weighted by Gasteiger charge is -2.28.